The van der Waals surface area contributed by atoms with Gasteiger partial charge in [0.05, 0.1) is 21.7 Å². The molecule has 0 fully saturated rings. The molecule has 0 aliphatic rings. The maximum atomic E-state index is 12.5. The Labute approximate surface area is 186 Å². The number of hydrogen-bond donors (Lipinski definition) is 2. The molecule has 32 heavy (non-hydrogen) atoms. The van der Waals surface area contributed by atoms with E-state index in [0.717, 1.165) is 17.3 Å². The van der Waals surface area contributed by atoms with Crippen LogP contribution in [0.1, 0.15) is 19.2 Å². The van der Waals surface area contributed by atoms with Crippen molar-refractivity contribution >= 4 is 54.9 Å². The van der Waals surface area contributed by atoms with Crippen LogP contribution in [-0.2, 0) is 22.3 Å². The summed E-state index contributed by atoms with van der Waals surface area (Å²) < 4.78 is 31.1. The van der Waals surface area contributed by atoms with Crippen LogP contribution in [0.25, 0.3) is 33.1 Å². The Bertz CT molecular complexity index is 1650. The highest BCUT2D eigenvalue weighted by Gasteiger charge is 2.17. The zero-order valence-electron chi connectivity index (χ0n) is 17.0. The molecule has 0 aliphatic heterocycles. The van der Waals surface area contributed by atoms with Crippen LogP contribution >= 0.6 is 11.8 Å². The van der Waals surface area contributed by atoms with Crippen molar-refractivity contribution < 1.29 is 12.8 Å². The average Bonchev–Trinajstić information content (AvgIpc) is 3.30. The van der Waals surface area contributed by atoms with E-state index >= 15 is 0 Å². The van der Waals surface area contributed by atoms with Crippen molar-refractivity contribution in [2.45, 2.75) is 35.7 Å². The van der Waals surface area contributed by atoms with Gasteiger partial charge in [-0.25, -0.2) is 23.5 Å². The maximum Gasteiger partial charge on any atom is 0.294 e. The number of furan rings is 1. The van der Waals surface area contributed by atoms with Crippen molar-refractivity contribution in [2.75, 3.05) is 0 Å². The third-order valence-corrected chi connectivity index (χ3v) is 6.98. The predicted octanol–water partition coefficient (Wildman–Crippen LogP) is 3.37. The fraction of sp³-hybridized carbons (Fsp3) is 0.190. The summed E-state index contributed by atoms with van der Waals surface area (Å²) in [5.74, 6) is 0.874. The third kappa shape index (κ3) is 3.57. The van der Waals surface area contributed by atoms with Crippen LogP contribution in [0, 0.1) is 0 Å². The van der Waals surface area contributed by atoms with E-state index in [9.17, 15) is 13.2 Å². The molecule has 164 valence electrons. The van der Waals surface area contributed by atoms with Crippen LogP contribution < -0.4 is 10.7 Å². The zero-order chi connectivity index (χ0) is 22.5. The van der Waals surface area contributed by atoms with Gasteiger partial charge in [0.15, 0.2) is 5.16 Å². The maximum absolute atomic E-state index is 12.5. The SMILES string of the molecule is CCCn1c(SCc2nc3c(oc4ccccc43)c(=O)[nH]2)nc2cc(S(N)(=O)=O)ccc21. The quantitative estimate of drug-likeness (QED) is 0.364. The van der Waals surface area contributed by atoms with E-state index in [-0.39, 0.29) is 16.0 Å². The molecule has 0 amide bonds. The predicted molar refractivity (Wildman–Crippen MR) is 123 cm³/mol. The molecule has 0 saturated carbocycles. The Hall–Kier alpha value is -3.15. The molecule has 3 N–H and O–H groups in total. The number of nitrogens with one attached hydrogen (secondary N) is 1. The molecule has 0 bridgehead atoms. The Kier molecular flexibility index (Phi) is 5.03. The number of hydrogen-bond acceptors (Lipinski definition) is 7. The minimum absolute atomic E-state index is 0.0194. The standard InChI is InChI=1S/C21H19N5O4S2/c1-2-9-26-15-8-7-12(32(22,28)29)10-14(15)23-21(26)31-11-17-24-18-13-5-3-4-6-16(13)30-19(18)20(27)25-17/h3-8,10H,2,9,11H2,1H3,(H2,22,28,29)(H,24,25,27). The summed E-state index contributed by atoms with van der Waals surface area (Å²) in [5, 5.41) is 6.75. The van der Waals surface area contributed by atoms with Gasteiger partial charge in [-0.3, -0.25) is 4.79 Å². The van der Waals surface area contributed by atoms with Gasteiger partial charge in [0.1, 0.15) is 16.9 Å². The molecule has 0 aliphatic carbocycles. The van der Waals surface area contributed by atoms with E-state index in [2.05, 4.69) is 21.9 Å². The summed E-state index contributed by atoms with van der Waals surface area (Å²) in [6, 6.07) is 12.1. The molecule has 0 unspecified atom stereocenters. The van der Waals surface area contributed by atoms with Gasteiger partial charge in [-0.15, -0.1) is 0 Å². The van der Waals surface area contributed by atoms with Gasteiger partial charge in [-0.05, 0) is 36.8 Å². The molecular weight excluding hydrogens is 450 g/mol. The van der Waals surface area contributed by atoms with Gasteiger partial charge in [0.25, 0.3) is 5.56 Å². The number of imidazole rings is 1. The van der Waals surface area contributed by atoms with Crippen molar-refractivity contribution in [2.24, 2.45) is 5.14 Å². The van der Waals surface area contributed by atoms with Crippen molar-refractivity contribution in [3.63, 3.8) is 0 Å². The molecule has 5 rings (SSSR count). The Morgan fingerprint density at radius 1 is 1.19 bits per heavy atom. The summed E-state index contributed by atoms with van der Waals surface area (Å²) in [6.07, 6.45) is 0.873. The molecule has 2 aromatic carbocycles. The number of fused-ring (bicyclic) bond motifs is 4. The van der Waals surface area contributed by atoms with Crippen molar-refractivity contribution in [3.8, 4) is 0 Å². The highest BCUT2D eigenvalue weighted by Crippen LogP contribution is 2.29. The fourth-order valence-corrected chi connectivity index (χ4v) is 5.11. The second-order valence-corrected chi connectivity index (χ2v) is 9.82. The Morgan fingerprint density at radius 2 is 2.00 bits per heavy atom. The normalized spacial score (nSPS) is 12.3. The lowest BCUT2D eigenvalue weighted by atomic mass is 10.2. The first-order valence-corrected chi connectivity index (χ1v) is 12.4. The van der Waals surface area contributed by atoms with Crippen molar-refractivity contribution in [1.29, 1.82) is 0 Å². The summed E-state index contributed by atoms with van der Waals surface area (Å²) in [6.45, 7) is 2.76. The number of nitrogens with two attached hydrogens (primary N) is 1. The Balaban J connectivity index is 1.53. The van der Waals surface area contributed by atoms with E-state index < -0.39 is 10.0 Å². The molecular formula is C21H19N5O4S2. The number of aromatic nitrogens is 4. The molecule has 3 heterocycles. The number of primary sulfonamides is 1. The number of thioether (sulfide) groups is 1. The van der Waals surface area contributed by atoms with E-state index in [4.69, 9.17) is 9.56 Å². The number of aromatic amines is 1. The van der Waals surface area contributed by atoms with E-state index in [1.165, 1.54) is 23.9 Å². The third-order valence-electron chi connectivity index (χ3n) is 5.08. The van der Waals surface area contributed by atoms with E-state index in [1.807, 2.05) is 22.8 Å². The van der Waals surface area contributed by atoms with Gasteiger partial charge >= 0.3 is 0 Å². The lowest BCUT2D eigenvalue weighted by Crippen LogP contribution is -2.11. The number of para-hydroxylation sites is 1. The number of aryl methyl sites for hydroxylation is 1. The number of rotatable bonds is 6. The highest BCUT2D eigenvalue weighted by molar-refractivity contribution is 7.98. The van der Waals surface area contributed by atoms with Gasteiger partial charge < -0.3 is 14.0 Å². The highest BCUT2D eigenvalue weighted by atomic mass is 32.2. The number of H-pyrrole nitrogens is 1. The molecule has 0 atom stereocenters. The monoisotopic (exact) mass is 469 g/mol. The summed E-state index contributed by atoms with van der Waals surface area (Å²) in [5.41, 5.74) is 2.38. The smallest absolute Gasteiger partial charge is 0.294 e. The van der Waals surface area contributed by atoms with Crippen molar-refractivity contribution in [1.82, 2.24) is 19.5 Å². The summed E-state index contributed by atoms with van der Waals surface area (Å²) in [4.78, 5) is 24.6. The first kappa shape index (κ1) is 20.7. The molecule has 9 nitrogen and oxygen atoms in total. The van der Waals surface area contributed by atoms with Gasteiger partial charge in [0.2, 0.25) is 15.6 Å². The van der Waals surface area contributed by atoms with Crippen LogP contribution in [0.5, 0.6) is 0 Å². The van der Waals surface area contributed by atoms with Gasteiger partial charge in [-0.1, -0.05) is 30.8 Å². The van der Waals surface area contributed by atoms with Gasteiger partial charge in [0, 0.05) is 11.9 Å². The van der Waals surface area contributed by atoms with Crippen LogP contribution in [0.4, 0.5) is 0 Å². The first-order valence-electron chi connectivity index (χ1n) is 9.91. The molecule has 0 radical (unpaired) electrons. The molecule has 3 aromatic heterocycles. The second kappa shape index (κ2) is 7.76. The Morgan fingerprint density at radius 3 is 2.78 bits per heavy atom. The summed E-state index contributed by atoms with van der Waals surface area (Å²) in [7, 11) is -3.82. The number of sulfonamides is 1. The van der Waals surface area contributed by atoms with Crippen LogP contribution in [0.15, 0.2) is 61.7 Å². The number of benzene rings is 2. The molecule has 0 saturated heterocycles. The van der Waals surface area contributed by atoms with Crippen LogP contribution in [0.2, 0.25) is 0 Å². The fourth-order valence-electron chi connectivity index (χ4n) is 3.66. The van der Waals surface area contributed by atoms with Crippen molar-refractivity contribution in [3.05, 3.63) is 58.6 Å². The van der Waals surface area contributed by atoms with Crippen LogP contribution in [-0.4, -0.2) is 27.9 Å². The topological polar surface area (TPSA) is 137 Å². The largest absolute Gasteiger partial charge is 0.449 e. The number of nitrogens with zero attached hydrogens (tertiary/aromatic N) is 3. The summed E-state index contributed by atoms with van der Waals surface area (Å²) >= 11 is 1.41. The van der Waals surface area contributed by atoms with Crippen LogP contribution in [0.3, 0.4) is 0 Å². The first-order chi connectivity index (χ1) is 15.3. The average molecular weight is 470 g/mol. The van der Waals surface area contributed by atoms with E-state index in [1.54, 1.807) is 12.1 Å². The van der Waals surface area contributed by atoms with Gasteiger partial charge in [-0.2, -0.15) is 0 Å². The lowest BCUT2D eigenvalue weighted by Gasteiger charge is -2.07. The minimum atomic E-state index is -3.82. The zero-order valence-corrected chi connectivity index (χ0v) is 18.7. The molecule has 0 spiro atoms. The second-order valence-electron chi connectivity index (χ2n) is 7.32. The molecule has 5 aromatic rings. The van der Waals surface area contributed by atoms with E-state index in [0.29, 0.717) is 39.9 Å². The molecule has 11 heteroatoms. The minimum Gasteiger partial charge on any atom is -0.449 e. The lowest BCUT2D eigenvalue weighted by molar-refractivity contribution is 0.598.